The Morgan fingerprint density at radius 1 is 0.791 bits per heavy atom. The molecular formula is C34H69N2O6P. The van der Waals surface area contributed by atoms with Crippen molar-refractivity contribution in [3.63, 3.8) is 0 Å². The Morgan fingerprint density at radius 2 is 1.28 bits per heavy atom. The molecule has 0 bridgehead atoms. The van der Waals surface area contributed by atoms with E-state index >= 15 is 0 Å². The van der Waals surface area contributed by atoms with Gasteiger partial charge in [0.15, 0.2) is 0 Å². The fourth-order valence-corrected chi connectivity index (χ4v) is 5.58. The van der Waals surface area contributed by atoms with E-state index in [9.17, 15) is 19.4 Å². The zero-order valence-electron chi connectivity index (χ0n) is 28.7. The number of phosphoric acid groups is 1. The minimum Gasteiger partial charge on any atom is -0.756 e. The van der Waals surface area contributed by atoms with Crippen molar-refractivity contribution in [3.8, 4) is 0 Å². The van der Waals surface area contributed by atoms with Crippen molar-refractivity contribution in [1.82, 2.24) is 5.32 Å². The van der Waals surface area contributed by atoms with Crippen LogP contribution in [0.25, 0.3) is 0 Å². The highest BCUT2D eigenvalue weighted by Crippen LogP contribution is 2.38. The minimum absolute atomic E-state index is 0.00877. The zero-order valence-corrected chi connectivity index (χ0v) is 29.6. The van der Waals surface area contributed by atoms with Crippen LogP contribution in [0.15, 0.2) is 12.2 Å². The number of rotatable bonds is 31. The number of aliphatic hydroxyl groups is 1. The third-order valence-corrected chi connectivity index (χ3v) is 8.72. The first-order valence-electron chi connectivity index (χ1n) is 17.5. The molecule has 0 spiro atoms. The average Bonchev–Trinajstić information content (AvgIpc) is 2.94. The number of nitrogens with one attached hydrogen (secondary N) is 1. The quantitative estimate of drug-likeness (QED) is 0.0349. The lowest BCUT2D eigenvalue weighted by Crippen LogP contribution is -2.46. The summed E-state index contributed by atoms with van der Waals surface area (Å²) in [6.45, 7) is 4.63. The SMILES string of the molecule is CCCCCC/C=C/CCCC[C@@H](O)[C@H](COP(=O)([O-])OCC[N+](C)(C)C)NC(=O)CCCCCCCCCCCCC. The second kappa shape index (κ2) is 27.5. The highest BCUT2D eigenvalue weighted by atomic mass is 31.2. The van der Waals surface area contributed by atoms with Crippen LogP contribution >= 0.6 is 7.82 Å². The van der Waals surface area contributed by atoms with Crippen molar-refractivity contribution in [1.29, 1.82) is 0 Å². The number of nitrogens with zero attached hydrogens (tertiary/aromatic N) is 1. The van der Waals surface area contributed by atoms with Crippen molar-refractivity contribution < 1.29 is 32.9 Å². The maximum atomic E-state index is 12.7. The van der Waals surface area contributed by atoms with Gasteiger partial charge < -0.3 is 28.8 Å². The number of hydrogen-bond donors (Lipinski definition) is 2. The molecule has 0 aliphatic heterocycles. The van der Waals surface area contributed by atoms with Crippen molar-refractivity contribution in [2.75, 3.05) is 40.9 Å². The van der Waals surface area contributed by atoms with E-state index in [4.69, 9.17) is 9.05 Å². The van der Waals surface area contributed by atoms with E-state index in [1.807, 2.05) is 21.1 Å². The molecule has 0 heterocycles. The van der Waals surface area contributed by atoms with Crippen LogP contribution in [0.1, 0.15) is 149 Å². The Hall–Kier alpha value is -0.760. The molecule has 256 valence electrons. The number of amides is 1. The van der Waals surface area contributed by atoms with Gasteiger partial charge in [-0.2, -0.15) is 0 Å². The molecule has 0 aliphatic carbocycles. The van der Waals surface area contributed by atoms with Crippen molar-refractivity contribution in [2.24, 2.45) is 0 Å². The fraction of sp³-hybridized carbons (Fsp3) is 0.912. The standard InChI is InChI=1S/C34H69N2O6P/c1-6-8-10-12-14-16-18-20-22-24-26-28-34(38)35-32(31-42-43(39,40)41-30-29-36(3,4)5)33(37)27-25-23-21-19-17-15-13-11-9-7-2/h17,19,32-33,37H,6-16,18,20-31H2,1-5H3,(H-,35,38,39,40)/b19-17+/t32-,33+/m0/s1. The Morgan fingerprint density at radius 3 is 1.81 bits per heavy atom. The third-order valence-electron chi connectivity index (χ3n) is 7.75. The molecule has 9 heteroatoms. The van der Waals surface area contributed by atoms with Gasteiger partial charge in [0, 0.05) is 6.42 Å². The van der Waals surface area contributed by atoms with Crippen LogP contribution in [0.4, 0.5) is 0 Å². The van der Waals surface area contributed by atoms with Gasteiger partial charge in [0.1, 0.15) is 13.2 Å². The summed E-state index contributed by atoms with van der Waals surface area (Å²) in [4.78, 5) is 25.0. The summed E-state index contributed by atoms with van der Waals surface area (Å²) in [5.74, 6) is -0.179. The highest BCUT2D eigenvalue weighted by molar-refractivity contribution is 7.45. The van der Waals surface area contributed by atoms with Crippen LogP contribution in [0.2, 0.25) is 0 Å². The summed E-state index contributed by atoms with van der Waals surface area (Å²) < 4.78 is 23.0. The van der Waals surface area contributed by atoms with Crippen molar-refractivity contribution in [3.05, 3.63) is 12.2 Å². The summed E-state index contributed by atoms with van der Waals surface area (Å²) in [6, 6.07) is -0.807. The van der Waals surface area contributed by atoms with E-state index < -0.39 is 20.0 Å². The van der Waals surface area contributed by atoms with E-state index in [1.54, 1.807) is 0 Å². The second-order valence-electron chi connectivity index (χ2n) is 13.2. The number of allylic oxidation sites excluding steroid dienone is 2. The van der Waals surface area contributed by atoms with Crippen LogP contribution in [-0.4, -0.2) is 68.5 Å². The maximum absolute atomic E-state index is 12.7. The van der Waals surface area contributed by atoms with Gasteiger partial charge in [0.25, 0.3) is 7.82 Å². The van der Waals surface area contributed by atoms with Crippen molar-refractivity contribution in [2.45, 2.75) is 161 Å². The van der Waals surface area contributed by atoms with Gasteiger partial charge in [0.2, 0.25) is 5.91 Å². The molecule has 8 nitrogen and oxygen atoms in total. The summed E-state index contributed by atoms with van der Waals surface area (Å²) in [6.07, 6.45) is 26.4. The van der Waals surface area contributed by atoms with E-state index in [0.29, 0.717) is 23.9 Å². The fourth-order valence-electron chi connectivity index (χ4n) is 4.85. The average molecular weight is 633 g/mol. The smallest absolute Gasteiger partial charge is 0.268 e. The number of phosphoric ester groups is 1. The molecular weight excluding hydrogens is 563 g/mol. The van der Waals surface area contributed by atoms with Gasteiger partial charge in [-0.3, -0.25) is 9.36 Å². The van der Waals surface area contributed by atoms with Crippen LogP contribution in [-0.2, 0) is 18.4 Å². The van der Waals surface area contributed by atoms with E-state index in [1.165, 1.54) is 77.0 Å². The van der Waals surface area contributed by atoms with Gasteiger partial charge in [-0.1, -0.05) is 116 Å². The predicted molar refractivity (Wildman–Crippen MR) is 178 cm³/mol. The molecule has 2 N–H and O–H groups in total. The number of unbranched alkanes of at least 4 members (excludes halogenated alkanes) is 16. The van der Waals surface area contributed by atoms with Gasteiger partial charge >= 0.3 is 0 Å². The summed E-state index contributed by atoms with van der Waals surface area (Å²) in [7, 11) is 1.29. The molecule has 0 radical (unpaired) electrons. The normalized spacial score (nSPS) is 15.0. The molecule has 0 saturated heterocycles. The van der Waals surface area contributed by atoms with E-state index in [2.05, 4.69) is 31.3 Å². The van der Waals surface area contributed by atoms with Crippen molar-refractivity contribution >= 4 is 13.7 Å². The maximum Gasteiger partial charge on any atom is 0.268 e. The first kappa shape index (κ1) is 42.2. The lowest BCUT2D eigenvalue weighted by atomic mass is 10.0. The minimum atomic E-state index is -4.55. The molecule has 1 unspecified atom stereocenters. The number of likely N-dealkylation sites (N-methyl/N-ethyl adjacent to an activating group) is 1. The molecule has 0 rings (SSSR count). The number of carbonyl (C=O) groups excluding carboxylic acids is 1. The number of aliphatic hydroxyl groups excluding tert-OH is 1. The molecule has 0 aromatic rings. The number of carbonyl (C=O) groups is 1. The number of hydrogen-bond acceptors (Lipinski definition) is 6. The van der Waals surface area contributed by atoms with Crippen LogP contribution in [0.3, 0.4) is 0 Å². The Kier molecular flexibility index (Phi) is 27.1. The largest absolute Gasteiger partial charge is 0.756 e. The molecule has 0 aromatic heterocycles. The summed E-state index contributed by atoms with van der Waals surface area (Å²) in [5, 5.41) is 13.7. The zero-order chi connectivity index (χ0) is 32.2. The molecule has 43 heavy (non-hydrogen) atoms. The second-order valence-corrected chi connectivity index (χ2v) is 14.6. The monoisotopic (exact) mass is 632 g/mol. The van der Waals surface area contributed by atoms with E-state index in [-0.39, 0.29) is 19.1 Å². The Bertz CT molecular complexity index is 728. The first-order chi connectivity index (χ1) is 20.5. The molecule has 3 atom stereocenters. The molecule has 0 aromatic carbocycles. The molecule has 1 amide bonds. The highest BCUT2D eigenvalue weighted by Gasteiger charge is 2.24. The Balaban J connectivity index is 4.56. The van der Waals surface area contributed by atoms with Crippen LogP contribution in [0.5, 0.6) is 0 Å². The van der Waals surface area contributed by atoms with Gasteiger partial charge in [-0.15, -0.1) is 0 Å². The molecule has 0 saturated carbocycles. The van der Waals surface area contributed by atoms with E-state index in [0.717, 1.165) is 44.9 Å². The van der Waals surface area contributed by atoms with Crippen LogP contribution < -0.4 is 10.2 Å². The van der Waals surface area contributed by atoms with Gasteiger partial charge in [0.05, 0.1) is 39.9 Å². The number of quaternary nitrogens is 1. The summed E-state index contributed by atoms with van der Waals surface area (Å²) >= 11 is 0. The predicted octanol–water partition coefficient (Wildman–Crippen LogP) is 7.83. The molecule has 0 aliphatic rings. The third kappa shape index (κ3) is 29.7. The van der Waals surface area contributed by atoms with Gasteiger partial charge in [-0.25, -0.2) is 0 Å². The first-order valence-corrected chi connectivity index (χ1v) is 19.0. The van der Waals surface area contributed by atoms with Gasteiger partial charge in [-0.05, 0) is 38.5 Å². The lowest BCUT2D eigenvalue weighted by Gasteiger charge is -2.30. The topological polar surface area (TPSA) is 108 Å². The summed E-state index contributed by atoms with van der Waals surface area (Å²) in [5.41, 5.74) is 0. The lowest BCUT2D eigenvalue weighted by molar-refractivity contribution is -0.870. The molecule has 0 fully saturated rings. The van der Waals surface area contributed by atoms with Crippen LogP contribution in [0, 0.1) is 0 Å². The Labute approximate surface area is 265 Å².